The molecule has 0 fully saturated rings. The molecule has 2 aromatic rings. The van der Waals surface area contributed by atoms with Crippen molar-refractivity contribution in [2.45, 2.75) is 37.5 Å². The molecule has 0 radical (unpaired) electrons. The Labute approximate surface area is 191 Å². The zero-order chi connectivity index (χ0) is 23.4. The standard InChI is InChI=1S/C25H33NO5S/c1-3-31-25(28)20-26(2)23-14-10-21(11-15-23)8-9-22-12-16-24(17-13-22)32(29,30)19-7-5-4-6-18-27/h8-17,27H,3-7,18-20H2,1-2H3. The van der Waals surface area contributed by atoms with E-state index < -0.39 is 9.84 Å². The quantitative estimate of drug-likeness (QED) is 0.275. The lowest BCUT2D eigenvalue weighted by Gasteiger charge is -2.18. The number of benzene rings is 2. The van der Waals surface area contributed by atoms with E-state index in [4.69, 9.17) is 9.84 Å². The molecule has 32 heavy (non-hydrogen) atoms. The SMILES string of the molecule is CCOC(=O)CN(C)c1ccc(C=Cc2ccc(S(=O)(=O)CCCCCCO)cc2)cc1. The molecule has 6 nitrogen and oxygen atoms in total. The highest BCUT2D eigenvalue weighted by Crippen LogP contribution is 2.18. The lowest BCUT2D eigenvalue weighted by molar-refractivity contribution is -0.141. The van der Waals surface area contributed by atoms with Gasteiger partial charge in [-0.25, -0.2) is 8.42 Å². The van der Waals surface area contributed by atoms with Gasteiger partial charge in [0.15, 0.2) is 9.84 Å². The van der Waals surface area contributed by atoms with E-state index in [1.54, 1.807) is 31.2 Å². The molecule has 2 rings (SSSR count). The van der Waals surface area contributed by atoms with Gasteiger partial charge in [0.25, 0.3) is 0 Å². The number of aliphatic hydroxyl groups excluding tert-OH is 1. The maximum atomic E-state index is 12.4. The monoisotopic (exact) mass is 459 g/mol. The van der Waals surface area contributed by atoms with Crippen LogP contribution in [0.2, 0.25) is 0 Å². The van der Waals surface area contributed by atoms with Crippen LogP contribution in [0.25, 0.3) is 12.2 Å². The van der Waals surface area contributed by atoms with Crippen LogP contribution in [0.15, 0.2) is 53.4 Å². The molecule has 0 atom stereocenters. The van der Waals surface area contributed by atoms with E-state index in [2.05, 4.69) is 0 Å². The minimum atomic E-state index is -3.28. The highest BCUT2D eigenvalue weighted by Gasteiger charge is 2.13. The molecule has 0 aliphatic rings. The van der Waals surface area contributed by atoms with Crippen molar-refractivity contribution in [3.63, 3.8) is 0 Å². The number of carbonyl (C=O) groups excluding carboxylic acids is 1. The lowest BCUT2D eigenvalue weighted by atomic mass is 10.1. The van der Waals surface area contributed by atoms with Crippen LogP contribution in [-0.4, -0.2) is 52.1 Å². The summed E-state index contributed by atoms with van der Waals surface area (Å²) in [5, 5.41) is 8.78. The predicted octanol–water partition coefficient (Wildman–Crippen LogP) is 4.18. The van der Waals surface area contributed by atoms with Gasteiger partial charge < -0.3 is 14.7 Å². The Balaban J connectivity index is 1.92. The van der Waals surface area contributed by atoms with Crippen LogP contribution in [0, 0.1) is 0 Å². The average molecular weight is 460 g/mol. The molecule has 0 aliphatic heterocycles. The van der Waals surface area contributed by atoms with Crippen molar-refractivity contribution in [1.82, 2.24) is 0 Å². The first-order chi connectivity index (χ1) is 15.4. The van der Waals surface area contributed by atoms with Crippen LogP contribution in [0.5, 0.6) is 0 Å². The van der Waals surface area contributed by atoms with Crippen molar-refractivity contribution < 1.29 is 23.1 Å². The first-order valence-corrected chi connectivity index (χ1v) is 12.6. The second-order valence-electron chi connectivity index (χ2n) is 7.61. The Morgan fingerprint density at radius 1 is 0.938 bits per heavy atom. The summed E-state index contributed by atoms with van der Waals surface area (Å²) >= 11 is 0. The lowest BCUT2D eigenvalue weighted by Crippen LogP contribution is -2.26. The van der Waals surface area contributed by atoms with Gasteiger partial charge in [0, 0.05) is 19.3 Å². The van der Waals surface area contributed by atoms with Crippen LogP contribution < -0.4 is 4.90 Å². The summed E-state index contributed by atoms with van der Waals surface area (Å²) in [6.45, 7) is 2.50. The number of anilines is 1. The molecule has 7 heteroatoms. The number of esters is 1. The minimum Gasteiger partial charge on any atom is -0.465 e. The van der Waals surface area contributed by atoms with Gasteiger partial charge in [-0.05, 0) is 55.2 Å². The Kier molecular flexibility index (Phi) is 10.4. The number of nitrogens with zero attached hydrogens (tertiary/aromatic N) is 1. The van der Waals surface area contributed by atoms with Gasteiger partial charge in [-0.1, -0.05) is 49.3 Å². The van der Waals surface area contributed by atoms with E-state index in [0.717, 1.165) is 29.7 Å². The Morgan fingerprint density at radius 2 is 1.50 bits per heavy atom. The maximum absolute atomic E-state index is 12.4. The van der Waals surface area contributed by atoms with Crippen molar-refractivity contribution in [2.24, 2.45) is 0 Å². The van der Waals surface area contributed by atoms with Gasteiger partial charge in [-0.3, -0.25) is 4.79 Å². The number of hydrogen-bond acceptors (Lipinski definition) is 6. The topological polar surface area (TPSA) is 83.9 Å². The Hall–Kier alpha value is -2.64. The molecule has 0 aromatic heterocycles. The van der Waals surface area contributed by atoms with Gasteiger partial charge in [0.05, 0.1) is 17.3 Å². The van der Waals surface area contributed by atoms with E-state index in [0.29, 0.717) is 24.3 Å². The van der Waals surface area contributed by atoms with Gasteiger partial charge in [0.2, 0.25) is 0 Å². The van der Waals surface area contributed by atoms with E-state index in [-0.39, 0.29) is 24.9 Å². The number of aliphatic hydroxyl groups is 1. The second-order valence-corrected chi connectivity index (χ2v) is 9.72. The number of ether oxygens (including phenoxy) is 1. The van der Waals surface area contributed by atoms with E-state index >= 15 is 0 Å². The van der Waals surface area contributed by atoms with Crippen LogP contribution in [-0.2, 0) is 19.4 Å². The predicted molar refractivity (Wildman–Crippen MR) is 129 cm³/mol. The molecule has 0 spiro atoms. The van der Waals surface area contributed by atoms with Crippen molar-refractivity contribution in [1.29, 1.82) is 0 Å². The highest BCUT2D eigenvalue weighted by molar-refractivity contribution is 7.91. The summed E-state index contributed by atoms with van der Waals surface area (Å²) in [6, 6.07) is 14.7. The number of sulfone groups is 1. The molecule has 0 amide bonds. The normalized spacial score (nSPS) is 11.6. The van der Waals surface area contributed by atoms with E-state index in [1.807, 2.05) is 48.4 Å². The first kappa shape index (κ1) is 25.6. The van der Waals surface area contributed by atoms with Gasteiger partial charge in [-0.15, -0.1) is 0 Å². The first-order valence-electron chi connectivity index (χ1n) is 10.9. The summed E-state index contributed by atoms with van der Waals surface area (Å²) in [6.07, 6.45) is 6.86. The molecular formula is C25H33NO5S. The van der Waals surface area contributed by atoms with Gasteiger partial charge in [0.1, 0.15) is 6.54 Å². The summed E-state index contributed by atoms with van der Waals surface area (Å²) < 4.78 is 29.9. The third kappa shape index (κ3) is 8.48. The van der Waals surface area contributed by atoms with Crippen molar-refractivity contribution in [3.8, 4) is 0 Å². The Morgan fingerprint density at radius 3 is 2.06 bits per heavy atom. The van der Waals surface area contributed by atoms with E-state index in [9.17, 15) is 13.2 Å². The van der Waals surface area contributed by atoms with Gasteiger partial charge >= 0.3 is 5.97 Å². The molecule has 0 saturated carbocycles. The molecule has 0 bridgehead atoms. The summed E-state index contributed by atoms with van der Waals surface area (Å²) in [5.74, 6) is -0.129. The molecule has 2 aromatic carbocycles. The fourth-order valence-corrected chi connectivity index (χ4v) is 4.56. The van der Waals surface area contributed by atoms with E-state index in [1.165, 1.54) is 0 Å². The number of unbranched alkanes of at least 4 members (excludes halogenated alkanes) is 3. The fourth-order valence-electron chi connectivity index (χ4n) is 3.19. The summed E-state index contributed by atoms with van der Waals surface area (Å²) in [7, 11) is -1.44. The number of likely N-dealkylation sites (N-methyl/N-ethyl adjacent to an activating group) is 1. The maximum Gasteiger partial charge on any atom is 0.325 e. The molecule has 1 N–H and O–H groups in total. The smallest absolute Gasteiger partial charge is 0.325 e. The van der Waals surface area contributed by atoms with Crippen molar-refractivity contribution in [3.05, 3.63) is 59.7 Å². The number of hydrogen-bond donors (Lipinski definition) is 1. The molecule has 0 heterocycles. The number of carbonyl (C=O) groups is 1. The third-order valence-corrected chi connectivity index (χ3v) is 6.85. The van der Waals surface area contributed by atoms with Crippen LogP contribution in [0.1, 0.15) is 43.7 Å². The van der Waals surface area contributed by atoms with Crippen LogP contribution in [0.3, 0.4) is 0 Å². The van der Waals surface area contributed by atoms with Crippen molar-refractivity contribution >= 4 is 33.6 Å². The molecule has 0 aliphatic carbocycles. The average Bonchev–Trinajstić information content (AvgIpc) is 2.78. The summed E-state index contributed by atoms with van der Waals surface area (Å²) in [4.78, 5) is 13.8. The van der Waals surface area contributed by atoms with Crippen LogP contribution >= 0.6 is 0 Å². The second kappa shape index (κ2) is 13.0. The van der Waals surface area contributed by atoms with Crippen molar-refractivity contribution in [2.75, 3.05) is 37.5 Å². The fraction of sp³-hybridized carbons (Fsp3) is 0.400. The van der Waals surface area contributed by atoms with Gasteiger partial charge in [-0.2, -0.15) is 0 Å². The largest absolute Gasteiger partial charge is 0.465 e. The Bertz CT molecular complexity index is 966. The zero-order valence-corrected chi connectivity index (χ0v) is 19.7. The minimum absolute atomic E-state index is 0.130. The zero-order valence-electron chi connectivity index (χ0n) is 18.9. The highest BCUT2D eigenvalue weighted by atomic mass is 32.2. The third-order valence-electron chi connectivity index (χ3n) is 5.03. The molecule has 174 valence electrons. The molecule has 0 unspecified atom stereocenters. The number of rotatable bonds is 13. The molecular weight excluding hydrogens is 426 g/mol. The van der Waals surface area contributed by atoms with Crippen LogP contribution in [0.4, 0.5) is 5.69 Å². The molecule has 0 saturated heterocycles. The summed E-state index contributed by atoms with van der Waals surface area (Å²) in [5.41, 5.74) is 2.83.